The Morgan fingerprint density at radius 2 is 1.95 bits per heavy atom. The van der Waals surface area contributed by atoms with E-state index in [9.17, 15) is 0 Å². The second kappa shape index (κ2) is 7.05. The van der Waals surface area contributed by atoms with E-state index in [0.29, 0.717) is 18.0 Å². The van der Waals surface area contributed by atoms with Crippen molar-refractivity contribution in [3.05, 3.63) is 51.0 Å². The molecule has 0 atom stereocenters. The molecule has 0 amide bonds. The molecular formula is C16H17BrClNO2. The Kier molecular flexibility index (Phi) is 5.37. The number of methoxy groups -OCH3 is 2. The lowest BCUT2D eigenvalue weighted by molar-refractivity contribution is 0.352. The molecule has 21 heavy (non-hydrogen) atoms. The SMILES string of the molecule is COc1cc(CNc2c(C)cccc2Cl)cc(Br)c1OC. The third-order valence-corrected chi connectivity index (χ3v) is 4.09. The molecular weight excluding hydrogens is 354 g/mol. The number of anilines is 1. The molecule has 112 valence electrons. The second-order valence-electron chi connectivity index (χ2n) is 4.60. The number of halogens is 2. The molecule has 3 nitrogen and oxygen atoms in total. The summed E-state index contributed by atoms with van der Waals surface area (Å²) in [5, 5.41) is 4.08. The molecule has 0 radical (unpaired) electrons. The van der Waals surface area contributed by atoms with Crippen molar-refractivity contribution in [2.24, 2.45) is 0 Å². The smallest absolute Gasteiger partial charge is 0.174 e. The summed E-state index contributed by atoms with van der Waals surface area (Å²) in [5.74, 6) is 1.38. The first-order valence-corrected chi connectivity index (χ1v) is 7.63. The van der Waals surface area contributed by atoms with Crippen LogP contribution in [-0.4, -0.2) is 14.2 Å². The lowest BCUT2D eigenvalue weighted by Crippen LogP contribution is -2.03. The largest absolute Gasteiger partial charge is 0.493 e. The molecule has 1 N–H and O–H groups in total. The van der Waals surface area contributed by atoms with E-state index in [1.54, 1.807) is 14.2 Å². The van der Waals surface area contributed by atoms with Crippen LogP contribution in [0.5, 0.6) is 11.5 Å². The van der Waals surface area contributed by atoms with Gasteiger partial charge in [0.15, 0.2) is 11.5 Å². The molecule has 0 aromatic heterocycles. The van der Waals surface area contributed by atoms with Gasteiger partial charge in [0.1, 0.15) is 0 Å². The van der Waals surface area contributed by atoms with Crippen LogP contribution in [0.3, 0.4) is 0 Å². The maximum atomic E-state index is 6.22. The lowest BCUT2D eigenvalue weighted by atomic mass is 10.1. The van der Waals surface area contributed by atoms with E-state index in [4.69, 9.17) is 21.1 Å². The van der Waals surface area contributed by atoms with E-state index in [1.807, 2.05) is 37.3 Å². The van der Waals surface area contributed by atoms with Gasteiger partial charge in [-0.25, -0.2) is 0 Å². The van der Waals surface area contributed by atoms with Crippen LogP contribution < -0.4 is 14.8 Å². The van der Waals surface area contributed by atoms with Crippen LogP contribution in [0, 0.1) is 6.92 Å². The van der Waals surface area contributed by atoms with Gasteiger partial charge in [-0.15, -0.1) is 0 Å². The highest BCUT2D eigenvalue weighted by Gasteiger charge is 2.11. The van der Waals surface area contributed by atoms with E-state index in [-0.39, 0.29) is 0 Å². The molecule has 0 aliphatic heterocycles. The standard InChI is InChI=1S/C16H17BrClNO2/c1-10-5-4-6-13(18)15(10)19-9-11-7-12(17)16(21-3)14(8-11)20-2/h4-8,19H,9H2,1-3H3. The first-order valence-electron chi connectivity index (χ1n) is 6.46. The summed E-state index contributed by atoms with van der Waals surface area (Å²) in [5.41, 5.74) is 3.13. The van der Waals surface area contributed by atoms with Gasteiger partial charge in [-0.3, -0.25) is 0 Å². The quantitative estimate of drug-likeness (QED) is 0.800. The van der Waals surface area contributed by atoms with Crippen molar-refractivity contribution in [2.75, 3.05) is 19.5 Å². The number of para-hydroxylation sites is 1. The summed E-state index contributed by atoms with van der Waals surface area (Å²) in [6.45, 7) is 2.67. The number of ether oxygens (including phenoxy) is 2. The first kappa shape index (κ1) is 16.0. The van der Waals surface area contributed by atoms with Gasteiger partial charge in [0.25, 0.3) is 0 Å². The van der Waals surface area contributed by atoms with Gasteiger partial charge in [-0.1, -0.05) is 23.7 Å². The number of rotatable bonds is 5. The maximum Gasteiger partial charge on any atom is 0.174 e. The predicted molar refractivity (Wildman–Crippen MR) is 90.8 cm³/mol. The Balaban J connectivity index is 2.23. The van der Waals surface area contributed by atoms with E-state index >= 15 is 0 Å². The van der Waals surface area contributed by atoms with Gasteiger partial charge >= 0.3 is 0 Å². The monoisotopic (exact) mass is 369 g/mol. The first-order chi connectivity index (χ1) is 10.1. The zero-order valence-corrected chi connectivity index (χ0v) is 14.5. The van der Waals surface area contributed by atoms with E-state index in [1.165, 1.54) is 0 Å². The summed E-state index contributed by atoms with van der Waals surface area (Å²) >= 11 is 9.71. The zero-order chi connectivity index (χ0) is 15.4. The van der Waals surface area contributed by atoms with Crippen molar-refractivity contribution in [1.82, 2.24) is 0 Å². The van der Waals surface area contributed by atoms with Crippen molar-refractivity contribution in [3.63, 3.8) is 0 Å². The number of benzene rings is 2. The molecule has 0 fully saturated rings. The Bertz CT molecular complexity index is 626. The van der Waals surface area contributed by atoms with Gasteiger partial charge in [0.2, 0.25) is 0 Å². The number of nitrogens with one attached hydrogen (secondary N) is 1. The average molecular weight is 371 g/mol. The minimum Gasteiger partial charge on any atom is -0.493 e. The van der Waals surface area contributed by atoms with E-state index in [2.05, 4.69) is 21.2 Å². The molecule has 0 saturated heterocycles. The van der Waals surface area contributed by atoms with Crippen LogP contribution >= 0.6 is 27.5 Å². The Morgan fingerprint density at radius 1 is 1.19 bits per heavy atom. The van der Waals surface area contributed by atoms with Crippen LogP contribution in [0.1, 0.15) is 11.1 Å². The molecule has 0 spiro atoms. The molecule has 0 heterocycles. The van der Waals surface area contributed by atoms with Crippen LogP contribution in [-0.2, 0) is 6.54 Å². The molecule has 0 unspecified atom stereocenters. The summed E-state index contributed by atoms with van der Waals surface area (Å²) in [7, 11) is 3.24. The summed E-state index contributed by atoms with van der Waals surface area (Å²) in [6.07, 6.45) is 0. The molecule has 2 rings (SSSR count). The molecule has 0 aliphatic rings. The Hall–Kier alpha value is -1.39. The zero-order valence-electron chi connectivity index (χ0n) is 12.2. The average Bonchev–Trinajstić information content (AvgIpc) is 2.46. The highest BCUT2D eigenvalue weighted by molar-refractivity contribution is 9.10. The molecule has 5 heteroatoms. The Morgan fingerprint density at radius 3 is 2.57 bits per heavy atom. The second-order valence-corrected chi connectivity index (χ2v) is 5.86. The number of hydrogen-bond donors (Lipinski definition) is 1. The topological polar surface area (TPSA) is 30.5 Å². The van der Waals surface area contributed by atoms with Crippen molar-refractivity contribution < 1.29 is 9.47 Å². The molecule has 0 aliphatic carbocycles. The fourth-order valence-corrected chi connectivity index (χ4v) is 3.06. The normalized spacial score (nSPS) is 10.3. The maximum absolute atomic E-state index is 6.22. The minimum absolute atomic E-state index is 0.642. The van der Waals surface area contributed by atoms with E-state index < -0.39 is 0 Å². The van der Waals surface area contributed by atoms with Crippen LogP contribution in [0.15, 0.2) is 34.8 Å². The fraction of sp³-hybridized carbons (Fsp3) is 0.250. The molecule has 0 saturated carbocycles. The number of aryl methyl sites for hydroxylation is 1. The van der Waals surface area contributed by atoms with Gasteiger partial charge in [-0.05, 0) is 52.2 Å². The van der Waals surface area contributed by atoms with Crippen molar-refractivity contribution in [1.29, 1.82) is 0 Å². The van der Waals surface area contributed by atoms with Crippen LogP contribution in [0.4, 0.5) is 5.69 Å². The minimum atomic E-state index is 0.642. The third kappa shape index (κ3) is 3.63. The van der Waals surface area contributed by atoms with Crippen LogP contribution in [0.2, 0.25) is 5.02 Å². The van der Waals surface area contributed by atoms with Gasteiger partial charge in [0, 0.05) is 6.54 Å². The Labute approximate surface area is 138 Å². The van der Waals surface area contributed by atoms with Crippen molar-refractivity contribution >= 4 is 33.2 Å². The van der Waals surface area contributed by atoms with Crippen molar-refractivity contribution in [3.8, 4) is 11.5 Å². The van der Waals surface area contributed by atoms with E-state index in [0.717, 1.165) is 26.3 Å². The highest BCUT2D eigenvalue weighted by Crippen LogP contribution is 2.36. The summed E-state index contributed by atoms with van der Waals surface area (Å²) < 4.78 is 11.5. The molecule has 2 aromatic rings. The third-order valence-electron chi connectivity index (χ3n) is 3.18. The lowest BCUT2D eigenvalue weighted by Gasteiger charge is -2.14. The summed E-state index contributed by atoms with van der Waals surface area (Å²) in [6, 6.07) is 9.79. The van der Waals surface area contributed by atoms with Crippen LogP contribution in [0.25, 0.3) is 0 Å². The van der Waals surface area contributed by atoms with Gasteiger partial charge in [0.05, 0.1) is 29.4 Å². The summed E-state index contributed by atoms with van der Waals surface area (Å²) in [4.78, 5) is 0. The molecule has 2 aromatic carbocycles. The predicted octanol–water partition coefficient (Wildman–Crippen LogP) is 5.04. The molecule has 0 bridgehead atoms. The van der Waals surface area contributed by atoms with Gasteiger partial charge in [-0.2, -0.15) is 0 Å². The fourth-order valence-electron chi connectivity index (χ4n) is 2.12. The number of hydrogen-bond acceptors (Lipinski definition) is 3. The van der Waals surface area contributed by atoms with Gasteiger partial charge < -0.3 is 14.8 Å². The highest BCUT2D eigenvalue weighted by atomic mass is 79.9. The van der Waals surface area contributed by atoms with Crippen molar-refractivity contribution in [2.45, 2.75) is 13.5 Å².